The van der Waals surface area contributed by atoms with E-state index in [0.717, 1.165) is 15.7 Å². The van der Waals surface area contributed by atoms with Crippen molar-refractivity contribution in [2.45, 2.75) is 13.0 Å². The Kier molecular flexibility index (Phi) is 5.16. The molecule has 0 spiro atoms. The van der Waals surface area contributed by atoms with Crippen LogP contribution in [0.3, 0.4) is 0 Å². The normalized spacial score (nSPS) is 12.1. The quantitative estimate of drug-likeness (QED) is 0.924. The van der Waals surface area contributed by atoms with E-state index in [0.29, 0.717) is 6.54 Å². The number of hydrogen-bond donors (Lipinski definition) is 1. The summed E-state index contributed by atoms with van der Waals surface area (Å²) in [6.07, 6.45) is -0.512. The van der Waals surface area contributed by atoms with Gasteiger partial charge in [0.15, 0.2) is 0 Å². The third-order valence-electron chi connectivity index (χ3n) is 2.75. The zero-order chi connectivity index (χ0) is 13.9. The molecule has 100 valence electrons. The number of halogens is 1. The molecule has 1 unspecified atom stereocenters. The Bertz CT molecular complexity index is 433. The topological polar surface area (TPSA) is 43.8 Å². The van der Waals surface area contributed by atoms with Crippen LogP contribution in [0.2, 0.25) is 0 Å². The number of rotatable bonds is 4. The molecule has 5 heteroatoms. The number of aliphatic hydroxyl groups is 1. The van der Waals surface area contributed by atoms with Gasteiger partial charge < -0.3 is 14.9 Å². The summed E-state index contributed by atoms with van der Waals surface area (Å²) in [6.45, 7) is 2.05. The molecular weight excluding hydrogens is 296 g/mol. The highest BCUT2D eigenvalue weighted by Gasteiger charge is 2.12. The van der Waals surface area contributed by atoms with Crippen LogP contribution in [0.1, 0.15) is 18.6 Å². The van der Waals surface area contributed by atoms with E-state index >= 15 is 0 Å². The van der Waals surface area contributed by atoms with E-state index in [4.69, 9.17) is 0 Å². The first-order valence-corrected chi connectivity index (χ1v) is 6.51. The summed E-state index contributed by atoms with van der Waals surface area (Å²) in [5, 5.41) is 9.55. The molecule has 0 saturated carbocycles. The predicted molar refractivity (Wildman–Crippen MR) is 76.7 cm³/mol. The molecule has 0 aromatic heterocycles. The Morgan fingerprint density at radius 3 is 2.44 bits per heavy atom. The van der Waals surface area contributed by atoms with Gasteiger partial charge in [-0.1, -0.05) is 22.0 Å². The van der Waals surface area contributed by atoms with Gasteiger partial charge in [0.2, 0.25) is 5.91 Å². The minimum absolute atomic E-state index is 0.0493. The van der Waals surface area contributed by atoms with E-state index in [1.54, 1.807) is 25.9 Å². The third kappa shape index (κ3) is 3.71. The van der Waals surface area contributed by atoms with Crippen molar-refractivity contribution in [1.82, 2.24) is 4.90 Å². The maximum Gasteiger partial charge on any atom is 0.241 e. The van der Waals surface area contributed by atoms with Crippen molar-refractivity contribution in [3.05, 3.63) is 28.2 Å². The second kappa shape index (κ2) is 6.20. The second-order valence-corrected chi connectivity index (χ2v) is 5.38. The van der Waals surface area contributed by atoms with Crippen molar-refractivity contribution < 1.29 is 9.90 Å². The highest BCUT2D eigenvalue weighted by molar-refractivity contribution is 9.10. The van der Waals surface area contributed by atoms with E-state index in [1.165, 1.54) is 0 Å². The number of anilines is 1. The van der Waals surface area contributed by atoms with E-state index < -0.39 is 6.10 Å². The monoisotopic (exact) mass is 314 g/mol. The lowest BCUT2D eigenvalue weighted by atomic mass is 10.1. The van der Waals surface area contributed by atoms with Gasteiger partial charge in [-0.15, -0.1) is 0 Å². The lowest BCUT2D eigenvalue weighted by Gasteiger charge is -2.22. The molecule has 18 heavy (non-hydrogen) atoms. The van der Waals surface area contributed by atoms with Crippen LogP contribution < -0.4 is 4.90 Å². The molecule has 0 heterocycles. The Morgan fingerprint density at radius 2 is 2.00 bits per heavy atom. The van der Waals surface area contributed by atoms with E-state index in [1.807, 2.05) is 30.1 Å². The summed E-state index contributed by atoms with van der Waals surface area (Å²) < 4.78 is 0.846. The van der Waals surface area contributed by atoms with Crippen LogP contribution in [0.15, 0.2) is 22.7 Å². The molecule has 0 aliphatic heterocycles. The number of amides is 1. The Morgan fingerprint density at radius 1 is 1.39 bits per heavy atom. The number of carbonyl (C=O) groups is 1. The molecule has 1 atom stereocenters. The molecule has 0 radical (unpaired) electrons. The summed E-state index contributed by atoms with van der Waals surface area (Å²) in [5.74, 6) is 0.0493. The zero-order valence-corrected chi connectivity index (χ0v) is 12.7. The molecule has 0 aliphatic rings. The van der Waals surface area contributed by atoms with E-state index in [-0.39, 0.29) is 5.91 Å². The lowest BCUT2D eigenvalue weighted by Crippen LogP contribution is -2.34. The van der Waals surface area contributed by atoms with Gasteiger partial charge in [0.05, 0.1) is 12.6 Å². The van der Waals surface area contributed by atoms with Crippen LogP contribution >= 0.6 is 15.9 Å². The Balaban J connectivity index is 2.84. The first kappa shape index (κ1) is 15.0. The van der Waals surface area contributed by atoms with Gasteiger partial charge in [0, 0.05) is 31.3 Å². The molecule has 1 amide bonds. The van der Waals surface area contributed by atoms with Gasteiger partial charge >= 0.3 is 0 Å². The molecule has 0 saturated heterocycles. The van der Waals surface area contributed by atoms with Crippen molar-refractivity contribution >= 4 is 27.5 Å². The van der Waals surface area contributed by atoms with Crippen LogP contribution in [-0.2, 0) is 4.79 Å². The summed E-state index contributed by atoms with van der Waals surface area (Å²) >= 11 is 3.43. The van der Waals surface area contributed by atoms with Crippen molar-refractivity contribution in [2.24, 2.45) is 0 Å². The molecule has 0 bridgehead atoms. The van der Waals surface area contributed by atoms with Gasteiger partial charge in [-0.25, -0.2) is 0 Å². The molecule has 1 aromatic rings. The Labute approximate surface area is 116 Å². The first-order valence-electron chi connectivity index (χ1n) is 5.71. The van der Waals surface area contributed by atoms with E-state index in [9.17, 15) is 9.90 Å². The van der Waals surface area contributed by atoms with Crippen LogP contribution in [0.5, 0.6) is 0 Å². The van der Waals surface area contributed by atoms with Crippen LogP contribution in [0.25, 0.3) is 0 Å². The average Bonchev–Trinajstić information content (AvgIpc) is 2.27. The standard InChI is InChI=1S/C13H19BrN2O2/c1-9(17)11-6-5-10(7-12(11)14)16(4)8-13(18)15(2)3/h5-7,9,17H,8H2,1-4H3. The van der Waals surface area contributed by atoms with Crippen molar-refractivity contribution in [1.29, 1.82) is 0 Å². The van der Waals surface area contributed by atoms with Gasteiger partial charge in [0.25, 0.3) is 0 Å². The minimum Gasteiger partial charge on any atom is -0.389 e. The number of hydrogen-bond acceptors (Lipinski definition) is 3. The van der Waals surface area contributed by atoms with Gasteiger partial charge in [-0.3, -0.25) is 4.79 Å². The fourth-order valence-electron chi connectivity index (χ4n) is 1.53. The number of aliphatic hydroxyl groups excluding tert-OH is 1. The molecule has 1 N–H and O–H groups in total. The predicted octanol–water partition coefficient (Wildman–Crippen LogP) is 2.03. The third-order valence-corrected chi connectivity index (χ3v) is 3.43. The molecule has 4 nitrogen and oxygen atoms in total. The van der Waals surface area contributed by atoms with Crippen molar-refractivity contribution in [2.75, 3.05) is 32.6 Å². The minimum atomic E-state index is -0.512. The maximum absolute atomic E-state index is 11.6. The zero-order valence-electron chi connectivity index (χ0n) is 11.1. The number of benzene rings is 1. The van der Waals surface area contributed by atoms with Crippen LogP contribution in [-0.4, -0.2) is 43.6 Å². The second-order valence-electron chi connectivity index (χ2n) is 4.53. The Hall–Kier alpha value is -1.07. The fraction of sp³-hybridized carbons (Fsp3) is 0.462. The summed E-state index contributed by atoms with van der Waals surface area (Å²) in [4.78, 5) is 15.1. The average molecular weight is 315 g/mol. The lowest BCUT2D eigenvalue weighted by molar-refractivity contribution is -0.127. The maximum atomic E-state index is 11.6. The van der Waals surface area contributed by atoms with Crippen LogP contribution in [0, 0.1) is 0 Å². The van der Waals surface area contributed by atoms with Crippen molar-refractivity contribution in [3.63, 3.8) is 0 Å². The van der Waals surface area contributed by atoms with E-state index in [2.05, 4.69) is 15.9 Å². The highest BCUT2D eigenvalue weighted by atomic mass is 79.9. The largest absolute Gasteiger partial charge is 0.389 e. The summed E-state index contributed by atoms with van der Waals surface area (Å²) in [7, 11) is 5.34. The van der Waals surface area contributed by atoms with Gasteiger partial charge in [-0.05, 0) is 24.6 Å². The highest BCUT2D eigenvalue weighted by Crippen LogP contribution is 2.27. The number of likely N-dealkylation sites (N-methyl/N-ethyl adjacent to an activating group) is 2. The summed E-state index contributed by atoms with van der Waals surface area (Å²) in [5.41, 5.74) is 1.77. The van der Waals surface area contributed by atoms with Gasteiger partial charge in [-0.2, -0.15) is 0 Å². The molecule has 0 aliphatic carbocycles. The smallest absolute Gasteiger partial charge is 0.241 e. The van der Waals surface area contributed by atoms with Gasteiger partial charge in [0.1, 0.15) is 0 Å². The first-order chi connectivity index (χ1) is 8.32. The number of carbonyl (C=O) groups excluding carboxylic acids is 1. The number of nitrogens with zero attached hydrogens (tertiary/aromatic N) is 2. The molecule has 0 fully saturated rings. The SMILES string of the molecule is CC(O)c1ccc(N(C)CC(=O)N(C)C)cc1Br. The molecule has 1 aromatic carbocycles. The fourth-order valence-corrected chi connectivity index (χ4v) is 2.23. The molecule has 1 rings (SSSR count). The summed E-state index contributed by atoms with van der Waals surface area (Å²) in [6, 6.07) is 5.67. The van der Waals surface area contributed by atoms with Crippen LogP contribution in [0.4, 0.5) is 5.69 Å². The molecular formula is C13H19BrN2O2. The van der Waals surface area contributed by atoms with Crippen molar-refractivity contribution in [3.8, 4) is 0 Å².